The molecule has 0 bridgehead atoms. The van der Waals surface area contributed by atoms with Gasteiger partial charge in [-0.15, -0.1) is 15.3 Å². The molecule has 4 heterocycles. The Morgan fingerprint density at radius 3 is 2.64 bits per heavy atom. The standard InChI is InChI=1S/C14H9ClF3N7/c15-8-1-3-11-20-9(7-24(11)6-8)5-19-10-2-4-12-21-22-13(14(16,17)18)25(12)23-10/h1-4,6-7H,5H2,(H,19,23). The van der Waals surface area contributed by atoms with E-state index in [1.807, 2.05) is 0 Å². The highest BCUT2D eigenvalue weighted by Crippen LogP contribution is 2.27. The molecule has 7 nitrogen and oxygen atoms in total. The van der Waals surface area contributed by atoms with Crippen LogP contribution in [0, 0.1) is 0 Å². The zero-order chi connectivity index (χ0) is 17.6. The van der Waals surface area contributed by atoms with Gasteiger partial charge in [-0.1, -0.05) is 11.6 Å². The molecule has 0 amide bonds. The molecular formula is C14H9ClF3N7. The highest BCUT2D eigenvalue weighted by Gasteiger charge is 2.37. The zero-order valence-corrected chi connectivity index (χ0v) is 13.1. The summed E-state index contributed by atoms with van der Waals surface area (Å²) in [4.78, 5) is 4.38. The van der Waals surface area contributed by atoms with Crippen molar-refractivity contribution in [3.05, 3.63) is 53.2 Å². The molecular weight excluding hydrogens is 359 g/mol. The van der Waals surface area contributed by atoms with E-state index >= 15 is 0 Å². The first-order valence-electron chi connectivity index (χ1n) is 7.07. The molecule has 4 rings (SSSR count). The van der Waals surface area contributed by atoms with Gasteiger partial charge in [0.2, 0.25) is 0 Å². The summed E-state index contributed by atoms with van der Waals surface area (Å²) in [6, 6.07) is 6.42. The molecule has 0 spiro atoms. The van der Waals surface area contributed by atoms with Crippen LogP contribution in [0.2, 0.25) is 5.02 Å². The molecule has 0 fully saturated rings. The minimum Gasteiger partial charge on any atom is -0.363 e. The van der Waals surface area contributed by atoms with Crippen LogP contribution in [0.5, 0.6) is 0 Å². The molecule has 0 aliphatic heterocycles. The van der Waals surface area contributed by atoms with Crippen LogP contribution in [0.1, 0.15) is 11.5 Å². The van der Waals surface area contributed by atoms with Gasteiger partial charge in [0, 0.05) is 12.4 Å². The normalized spacial score (nSPS) is 12.2. The summed E-state index contributed by atoms with van der Waals surface area (Å²) in [5, 5.41) is 14.0. The monoisotopic (exact) mass is 367 g/mol. The van der Waals surface area contributed by atoms with Gasteiger partial charge in [0.25, 0.3) is 5.82 Å². The van der Waals surface area contributed by atoms with Crippen molar-refractivity contribution in [1.82, 2.24) is 29.2 Å². The van der Waals surface area contributed by atoms with Crippen LogP contribution < -0.4 is 5.32 Å². The molecule has 0 saturated heterocycles. The van der Waals surface area contributed by atoms with Gasteiger partial charge in [-0.05, 0) is 24.3 Å². The van der Waals surface area contributed by atoms with Gasteiger partial charge in [-0.3, -0.25) is 0 Å². The van der Waals surface area contributed by atoms with Gasteiger partial charge in [0.15, 0.2) is 5.65 Å². The van der Waals surface area contributed by atoms with Gasteiger partial charge in [-0.25, -0.2) is 4.98 Å². The number of aromatic nitrogens is 6. The fraction of sp³-hybridized carbons (Fsp3) is 0.143. The number of hydrogen-bond acceptors (Lipinski definition) is 5. The average molecular weight is 368 g/mol. The number of pyridine rings is 1. The first kappa shape index (κ1) is 15.6. The topological polar surface area (TPSA) is 72.4 Å². The maximum atomic E-state index is 12.9. The van der Waals surface area contributed by atoms with Crippen LogP contribution in [-0.2, 0) is 12.7 Å². The minimum absolute atomic E-state index is 0.0141. The Balaban J connectivity index is 1.59. The summed E-state index contributed by atoms with van der Waals surface area (Å²) in [6.45, 7) is 0.279. The summed E-state index contributed by atoms with van der Waals surface area (Å²) in [5.41, 5.74) is 1.41. The second-order valence-electron chi connectivity index (χ2n) is 5.21. The van der Waals surface area contributed by atoms with Crippen LogP contribution in [0.25, 0.3) is 11.3 Å². The summed E-state index contributed by atoms with van der Waals surface area (Å²) in [5.74, 6) is -0.929. The third kappa shape index (κ3) is 2.95. The Bertz CT molecular complexity index is 1070. The minimum atomic E-state index is -4.63. The Hall–Kier alpha value is -2.88. The van der Waals surface area contributed by atoms with Crippen LogP contribution in [0.15, 0.2) is 36.7 Å². The number of fused-ring (bicyclic) bond motifs is 2. The van der Waals surface area contributed by atoms with Gasteiger partial charge in [-0.2, -0.15) is 17.7 Å². The molecule has 4 aromatic heterocycles. The second kappa shape index (κ2) is 5.59. The number of halogens is 4. The lowest BCUT2D eigenvalue weighted by Crippen LogP contribution is -2.13. The lowest BCUT2D eigenvalue weighted by molar-refractivity contribution is -0.146. The van der Waals surface area contributed by atoms with E-state index in [2.05, 4.69) is 25.6 Å². The summed E-state index contributed by atoms with van der Waals surface area (Å²) < 4.78 is 41.1. The predicted octanol–water partition coefficient (Wildman–Crippen LogP) is 3.06. The first-order valence-corrected chi connectivity index (χ1v) is 7.44. The molecule has 0 unspecified atom stereocenters. The number of rotatable bonds is 3. The quantitative estimate of drug-likeness (QED) is 0.602. The number of nitrogens with zero attached hydrogens (tertiary/aromatic N) is 6. The molecule has 0 saturated carbocycles. The van der Waals surface area contributed by atoms with E-state index in [0.29, 0.717) is 20.9 Å². The lowest BCUT2D eigenvalue weighted by Gasteiger charge is -2.06. The van der Waals surface area contributed by atoms with Crippen LogP contribution in [0.3, 0.4) is 0 Å². The van der Waals surface area contributed by atoms with E-state index in [1.54, 1.807) is 28.9 Å². The van der Waals surface area contributed by atoms with Crippen molar-refractivity contribution < 1.29 is 13.2 Å². The van der Waals surface area contributed by atoms with Gasteiger partial charge < -0.3 is 9.72 Å². The molecule has 4 aromatic rings. The third-order valence-corrected chi connectivity index (χ3v) is 3.66. The fourth-order valence-corrected chi connectivity index (χ4v) is 2.51. The van der Waals surface area contributed by atoms with Crippen molar-refractivity contribution in [2.45, 2.75) is 12.7 Å². The molecule has 0 aromatic carbocycles. The molecule has 1 N–H and O–H groups in total. The maximum absolute atomic E-state index is 12.9. The Kier molecular flexibility index (Phi) is 3.49. The van der Waals surface area contributed by atoms with E-state index in [0.717, 1.165) is 0 Å². The molecule has 0 atom stereocenters. The van der Waals surface area contributed by atoms with Gasteiger partial charge >= 0.3 is 6.18 Å². The van der Waals surface area contributed by atoms with Crippen molar-refractivity contribution in [3.8, 4) is 0 Å². The number of anilines is 1. The van der Waals surface area contributed by atoms with Crippen molar-refractivity contribution in [2.24, 2.45) is 0 Å². The number of imidazole rings is 1. The van der Waals surface area contributed by atoms with Crippen molar-refractivity contribution in [3.63, 3.8) is 0 Å². The third-order valence-electron chi connectivity index (χ3n) is 3.43. The highest BCUT2D eigenvalue weighted by molar-refractivity contribution is 6.30. The molecule has 0 aliphatic rings. The predicted molar refractivity (Wildman–Crippen MR) is 83.3 cm³/mol. The van der Waals surface area contributed by atoms with Gasteiger partial charge in [0.1, 0.15) is 11.5 Å². The van der Waals surface area contributed by atoms with E-state index in [9.17, 15) is 13.2 Å². The molecule has 128 valence electrons. The van der Waals surface area contributed by atoms with Crippen LogP contribution in [0.4, 0.5) is 19.0 Å². The number of alkyl halides is 3. The average Bonchev–Trinajstić information content (AvgIpc) is 3.14. The molecule has 25 heavy (non-hydrogen) atoms. The Morgan fingerprint density at radius 1 is 1.04 bits per heavy atom. The van der Waals surface area contributed by atoms with Gasteiger partial charge in [0.05, 0.1) is 17.3 Å². The first-order chi connectivity index (χ1) is 11.9. The van der Waals surface area contributed by atoms with Crippen molar-refractivity contribution >= 4 is 28.7 Å². The SMILES string of the molecule is FC(F)(F)c1nnc2ccc(NCc3cn4cc(Cl)ccc4n3)nn12. The number of hydrogen-bond donors (Lipinski definition) is 1. The Morgan fingerprint density at radius 2 is 1.84 bits per heavy atom. The summed E-state index contributed by atoms with van der Waals surface area (Å²) in [7, 11) is 0. The zero-order valence-electron chi connectivity index (χ0n) is 12.4. The largest absolute Gasteiger partial charge is 0.453 e. The van der Waals surface area contributed by atoms with E-state index in [-0.39, 0.29) is 18.0 Å². The second-order valence-corrected chi connectivity index (χ2v) is 5.64. The molecule has 11 heteroatoms. The van der Waals surface area contributed by atoms with Crippen molar-refractivity contribution in [1.29, 1.82) is 0 Å². The van der Waals surface area contributed by atoms with E-state index < -0.39 is 12.0 Å². The van der Waals surface area contributed by atoms with Crippen LogP contribution in [-0.4, -0.2) is 29.2 Å². The summed E-state index contributed by atoms with van der Waals surface area (Å²) >= 11 is 5.92. The lowest BCUT2D eigenvalue weighted by atomic mass is 10.4. The molecule has 0 aliphatic carbocycles. The van der Waals surface area contributed by atoms with E-state index in [1.165, 1.54) is 12.1 Å². The van der Waals surface area contributed by atoms with Crippen molar-refractivity contribution in [2.75, 3.05) is 5.32 Å². The Labute approximate surface area is 143 Å². The number of nitrogens with one attached hydrogen (secondary N) is 1. The highest BCUT2D eigenvalue weighted by atomic mass is 35.5. The van der Waals surface area contributed by atoms with E-state index in [4.69, 9.17) is 11.6 Å². The summed E-state index contributed by atoms with van der Waals surface area (Å²) in [6.07, 6.45) is -1.15. The smallest absolute Gasteiger partial charge is 0.363 e. The maximum Gasteiger partial charge on any atom is 0.453 e. The fourth-order valence-electron chi connectivity index (χ4n) is 2.34. The van der Waals surface area contributed by atoms with Crippen LogP contribution >= 0.6 is 11.6 Å². The molecule has 0 radical (unpaired) electrons.